The van der Waals surface area contributed by atoms with Gasteiger partial charge in [0.15, 0.2) is 17.2 Å². The third-order valence-electron chi connectivity index (χ3n) is 6.63. The quantitative estimate of drug-likeness (QED) is 0.273. The zero-order valence-electron chi connectivity index (χ0n) is 22.4. The number of pyridine rings is 2. The second kappa shape index (κ2) is 12.3. The van der Waals surface area contributed by atoms with Gasteiger partial charge in [-0.3, -0.25) is 14.7 Å². The summed E-state index contributed by atoms with van der Waals surface area (Å²) in [6.07, 6.45) is 3.59. The number of rotatable bonds is 9. The number of aromatic nitrogens is 6. The molecule has 12 nitrogen and oxygen atoms in total. The lowest BCUT2D eigenvalue weighted by Crippen LogP contribution is -2.37. The Balaban J connectivity index is 1.43. The number of fused-ring (bicyclic) bond motifs is 1. The number of imidazole rings is 1. The van der Waals surface area contributed by atoms with Crippen LogP contribution in [-0.4, -0.2) is 66.8 Å². The highest BCUT2D eigenvalue weighted by Crippen LogP contribution is 2.35. The molecule has 16 heteroatoms. The van der Waals surface area contributed by atoms with Gasteiger partial charge in [0, 0.05) is 58.0 Å². The maximum absolute atomic E-state index is 13.8. The summed E-state index contributed by atoms with van der Waals surface area (Å²) in [4.78, 5) is 32.1. The number of nitrogens with two attached hydrogens (primary N) is 1. The largest absolute Gasteiger partial charge is 0.450 e. The molecule has 0 bridgehead atoms. The molecule has 5 heterocycles. The topological polar surface area (TPSA) is 138 Å². The third-order valence-corrected chi connectivity index (χ3v) is 6.99. The minimum absolute atomic E-state index is 0.0522. The molecule has 222 valence electrons. The highest BCUT2D eigenvalue weighted by molar-refractivity contribution is 6.36. The van der Waals surface area contributed by atoms with E-state index in [2.05, 4.69) is 30.2 Å². The molecule has 0 unspecified atom stereocenters. The normalized spacial score (nSPS) is 14.8. The fourth-order valence-corrected chi connectivity index (χ4v) is 4.77. The molecule has 0 saturated carbocycles. The van der Waals surface area contributed by atoms with E-state index in [1.54, 1.807) is 7.05 Å². The van der Waals surface area contributed by atoms with E-state index in [4.69, 9.17) is 26.8 Å². The highest BCUT2D eigenvalue weighted by atomic mass is 35.5. The van der Waals surface area contributed by atoms with Crippen molar-refractivity contribution in [2.24, 2.45) is 12.8 Å². The second-order valence-electron chi connectivity index (χ2n) is 9.40. The molecule has 0 spiro atoms. The number of ether oxygens (including phenoxy) is 2. The van der Waals surface area contributed by atoms with E-state index >= 15 is 0 Å². The average molecular weight is 606 g/mol. The monoisotopic (exact) mass is 605 g/mol. The molecule has 0 atom stereocenters. The molecule has 5 rings (SSSR count). The number of aryl methyl sites for hydroxylation is 2. The average Bonchev–Trinajstić information content (AvgIpc) is 3.30. The van der Waals surface area contributed by atoms with Crippen LogP contribution in [0.25, 0.3) is 16.9 Å². The fourth-order valence-electron chi connectivity index (χ4n) is 4.47. The predicted octanol–water partition coefficient (Wildman–Crippen LogP) is 3.39. The molecule has 42 heavy (non-hydrogen) atoms. The Hall–Kier alpha value is -4.21. The number of morpholine rings is 1. The first-order valence-electron chi connectivity index (χ1n) is 12.9. The van der Waals surface area contributed by atoms with Crippen molar-refractivity contribution in [1.29, 1.82) is 0 Å². The molecule has 0 radical (unpaired) electrons. The van der Waals surface area contributed by atoms with Crippen molar-refractivity contribution in [3.8, 4) is 5.75 Å². The van der Waals surface area contributed by atoms with E-state index in [0.717, 1.165) is 29.9 Å². The van der Waals surface area contributed by atoms with Gasteiger partial charge in [-0.1, -0.05) is 11.6 Å². The third kappa shape index (κ3) is 6.32. The lowest BCUT2D eigenvalue weighted by atomic mass is 10.2. The summed E-state index contributed by atoms with van der Waals surface area (Å²) in [6.45, 7) is 3.43. The Bertz CT molecular complexity index is 1650. The van der Waals surface area contributed by atoms with Crippen molar-refractivity contribution < 1.29 is 22.6 Å². The van der Waals surface area contributed by atoms with Crippen LogP contribution < -0.4 is 21.3 Å². The zero-order chi connectivity index (χ0) is 29.9. The minimum atomic E-state index is -4.67. The van der Waals surface area contributed by atoms with Gasteiger partial charge in [-0.05, 0) is 12.5 Å². The van der Waals surface area contributed by atoms with Crippen molar-refractivity contribution >= 4 is 40.2 Å². The fraction of sp³-hybridized carbons (Fsp3) is 0.346. The number of nitrogens with one attached hydrogen (secondary N) is 1. The SMILES string of the molecule is Cn1c(Nc2cc(C(F)(F)F)cn(CCCN3CCOCC3)c2=O)nc2ncc(O/C(=C/N)c3cnccn3)c(Cl)c21. The molecule has 0 aromatic carbocycles. The van der Waals surface area contributed by atoms with Gasteiger partial charge in [-0.15, -0.1) is 0 Å². The highest BCUT2D eigenvalue weighted by Gasteiger charge is 2.32. The van der Waals surface area contributed by atoms with Crippen LogP contribution >= 0.6 is 11.6 Å². The molecule has 1 fully saturated rings. The Labute approximate surface area is 242 Å². The first-order chi connectivity index (χ1) is 20.2. The molecule has 0 amide bonds. The van der Waals surface area contributed by atoms with Gasteiger partial charge in [0.1, 0.15) is 21.9 Å². The number of halogens is 4. The molecule has 3 N–H and O–H groups in total. The summed E-state index contributed by atoms with van der Waals surface area (Å²) in [6, 6.07) is 0.767. The van der Waals surface area contributed by atoms with Gasteiger partial charge in [-0.2, -0.15) is 18.2 Å². The molecule has 4 aromatic rings. The first-order valence-corrected chi connectivity index (χ1v) is 13.3. The van der Waals surface area contributed by atoms with E-state index in [-0.39, 0.29) is 40.4 Å². The number of alkyl halides is 3. The summed E-state index contributed by atoms with van der Waals surface area (Å²) in [5, 5.41) is 2.86. The lowest BCUT2D eigenvalue weighted by molar-refractivity contribution is -0.138. The Morgan fingerprint density at radius 3 is 2.69 bits per heavy atom. The minimum Gasteiger partial charge on any atom is -0.450 e. The van der Waals surface area contributed by atoms with Crippen LogP contribution in [0.3, 0.4) is 0 Å². The molecule has 4 aromatic heterocycles. The van der Waals surface area contributed by atoms with E-state index < -0.39 is 17.3 Å². The van der Waals surface area contributed by atoms with Crippen molar-refractivity contribution in [2.75, 3.05) is 38.2 Å². The van der Waals surface area contributed by atoms with Crippen LogP contribution in [0.4, 0.5) is 24.8 Å². The zero-order valence-corrected chi connectivity index (χ0v) is 23.2. The summed E-state index contributed by atoms with van der Waals surface area (Å²) in [7, 11) is 1.58. The molecular weight excluding hydrogens is 579 g/mol. The smallest absolute Gasteiger partial charge is 0.417 e. The molecule has 1 aliphatic rings. The summed E-state index contributed by atoms with van der Waals surface area (Å²) < 4.78 is 55.0. The van der Waals surface area contributed by atoms with Crippen LogP contribution in [0, 0.1) is 0 Å². The van der Waals surface area contributed by atoms with E-state index in [0.29, 0.717) is 37.4 Å². The van der Waals surface area contributed by atoms with Crippen molar-refractivity contribution in [2.45, 2.75) is 19.1 Å². The Morgan fingerprint density at radius 1 is 1.21 bits per heavy atom. The van der Waals surface area contributed by atoms with Gasteiger partial charge in [0.25, 0.3) is 5.56 Å². The Kier molecular flexibility index (Phi) is 8.61. The lowest BCUT2D eigenvalue weighted by Gasteiger charge is -2.26. The van der Waals surface area contributed by atoms with Crippen molar-refractivity contribution in [3.63, 3.8) is 0 Å². The maximum atomic E-state index is 13.8. The van der Waals surface area contributed by atoms with Gasteiger partial charge in [0.05, 0.1) is 31.2 Å². The summed E-state index contributed by atoms with van der Waals surface area (Å²) >= 11 is 6.63. The maximum Gasteiger partial charge on any atom is 0.417 e. The van der Waals surface area contributed by atoms with Crippen LogP contribution in [0.2, 0.25) is 5.02 Å². The summed E-state index contributed by atoms with van der Waals surface area (Å²) in [5.74, 6) is 0.351. The summed E-state index contributed by atoms with van der Waals surface area (Å²) in [5.41, 5.74) is 4.67. The van der Waals surface area contributed by atoms with E-state index in [1.807, 2.05) is 0 Å². The van der Waals surface area contributed by atoms with E-state index in [1.165, 1.54) is 35.6 Å². The van der Waals surface area contributed by atoms with Crippen LogP contribution in [-0.2, 0) is 24.5 Å². The molecular formula is C26H27ClF3N9O3. The van der Waals surface area contributed by atoms with Gasteiger partial charge in [0.2, 0.25) is 5.95 Å². The Morgan fingerprint density at radius 2 is 2.00 bits per heavy atom. The molecule has 0 aliphatic carbocycles. The van der Waals surface area contributed by atoms with Crippen molar-refractivity contribution in [3.05, 3.63) is 69.9 Å². The van der Waals surface area contributed by atoms with Gasteiger partial charge >= 0.3 is 6.18 Å². The number of hydrogen-bond acceptors (Lipinski definition) is 10. The number of hydrogen-bond donors (Lipinski definition) is 2. The van der Waals surface area contributed by atoms with Crippen LogP contribution in [0.15, 0.2) is 48.0 Å². The standard InChI is InChI=1S/C26H27ClF3N9O3/c1-37-22-21(27)20(42-19(12-31)18-13-32-3-4-33-18)14-34-23(22)36-25(37)35-17-11-16(26(28,29)30)15-39(24(17)40)6-2-5-38-7-9-41-10-8-38/h3-4,11-15H,2,5-10,31H2,1H3,(H,34,35,36)/b19-12+. The van der Waals surface area contributed by atoms with Crippen LogP contribution in [0.1, 0.15) is 17.7 Å². The first kappa shape index (κ1) is 29.3. The second-order valence-corrected chi connectivity index (χ2v) is 9.78. The number of anilines is 2. The number of nitrogens with zero attached hydrogens (tertiary/aromatic N) is 7. The molecule has 1 saturated heterocycles. The van der Waals surface area contributed by atoms with Gasteiger partial charge in [-0.25, -0.2) is 9.97 Å². The van der Waals surface area contributed by atoms with Gasteiger partial charge < -0.3 is 29.7 Å². The predicted molar refractivity (Wildman–Crippen MR) is 149 cm³/mol. The van der Waals surface area contributed by atoms with E-state index in [9.17, 15) is 18.0 Å². The molecule has 1 aliphatic heterocycles. The van der Waals surface area contributed by atoms with Crippen molar-refractivity contribution in [1.82, 2.24) is 34.0 Å². The van der Waals surface area contributed by atoms with Crippen LogP contribution in [0.5, 0.6) is 5.75 Å².